The van der Waals surface area contributed by atoms with Crippen molar-refractivity contribution < 1.29 is 14.3 Å². The summed E-state index contributed by atoms with van der Waals surface area (Å²) in [7, 11) is 1.36. The van der Waals surface area contributed by atoms with Crippen molar-refractivity contribution in [3.05, 3.63) is 64.7 Å². The summed E-state index contributed by atoms with van der Waals surface area (Å²) >= 11 is 6.16. The standard InChI is InChI=1S/C17H17ClO3/c1-12-6-5-7-13(10-12)21-11-15(17(19)20-2)14-8-3-4-9-16(14)18/h3-10,15H,11H2,1-2H3. The van der Waals surface area contributed by atoms with Gasteiger partial charge in [-0.15, -0.1) is 0 Å². The molecule has 1 atom stereocenters. The summed E-state index contributed by atoms with van der Waals surface area (Å²) in [5.41, 5.74) is 1.80. The summed E-state index contributed by atoms with van der Waals surface area (Å²) in [6.07, 6.45) is 0. The van der Waals surface area contributed by atoms with Gasteiger partial charge in [-0.1, -0.05) is 41.9 Å². The molecule has 0 aromatic heterocycles. The zero-order valence-electron chi connectivity index (χ0n) is 12.0. The lowest BCUT2D eigenvalue weighted by atomic mass is 10.00. The lowest BCUT2D eigenvalue weighted by Crippen LogP contribution is -2.21. The Morgan fingerprint density at radius 3 is 2.62 bits per heavy atom. The van der Waals surface area contributed by atoms with E-state index in [-0.39, 0.29) is 12.6 Å². The summed E-state index contributed by atoms with van der Waals surface area (Å²) in [5.74, 6) is -0.198. The van der Waals surface area contributed by atoms with Gasteiger partial charge in [0.25, 0.3) is 0 Å². The fourth-order valence-corrected chi connectivity index (χ4v) is 2.34. The monoisotopic (exact) mass is 304 g/mol. The average molecular weight is 305 g/mol. The van der Waals surface area contributed by atoms with Crippen LogP contribution in [0, 0.1) is 6.92 Å². The van der Waals surface area contributed by atoms with Crippen LogP contribution in [0.15, 0.2) is 48.5 Å². The molecule has 0 aliphatic heterocycles. The highest BCUT2D eigenvalue weighted by molar-refractivity contribution is 6.31. The van der Waals surface area contributed by atoms with E-state index in [2.05, 4.69) is 0 Å². The molecular formula is C17H17ClO3. The Morgan fingerprint density at radius 2 is 1.95 bits per heavy atom. The summed E-state index contributed by atoms with van der Waals surface area (Å²) < 4.78 is 10.6. The van der Waals surface area contributed by atoms with Crippen LogP contribution in [0.1, 0.15) is 17.0 Å². The van der Waals surface area contributed by atoms with Crippen LogP contribution in [0.4, 0.5) is 0 Å². The molecule has 21 heavy (non-hydrogen) atoms. The molecule has 0 aliphatic rings. The number of hydrogen-bond acceptors (Lipinski definition) is 3. The van der Waals surface area contributed by atoms with Gasteiger partial charge in [0.1, 0.15) is 18.3 Å². The maximum absolute atomic E-state index is 12.0. The van der Waals surface area contributed by atoms with Gasteiger partial charge in [-0.3, -0.25) is 4.79 Å². The van der Waals surface area contributed by atoms with Gasteiger partial charge in [-0.05, 0) is 36.2 Å². The number of ether oxygens (including phenoxy) is 2. The van der Waals surface area contributed by atoms with Crippen molar-refractivity contribution in [3.8, 4) is 5.75 Å². The minimum Gasteiger partial charge on any atom is -0.492 e. The lowest BCUT2D eigenvalue weighted by Gasteiger charge is -2.17. The van der Waals surface area contributed by atoms with E-state index < -0.39 is 5.92 Å². The number of methoxy groups -OCH3 is 1. The van der Waals surface area contributed by atoms with Crippen LogP contribution in [-0.2, 0) is 9.53 Å². The molecule has 110 valence electrons. The van der Waals surface area contributed by atoms with Crippen LogP contribution >= 0.6 is 11.6 Å². The largest absolute Gasteiger partial charge is 0.492 e. The van der Waals surface area contributed by atoms with Crippen molar-refractivity contribution in [2.75, 3.05) is 13.7 Å². The number of esters is 1. The normalized spacial score (nSPS) is 11.8. The van der Waals surface area contributed by atoms with Gasteiger partial charge in [0.05, 0.1) is 7.11 Å². The van der Waals surface area contributed by atoms with E-state index in [1.165, 1.54) is 7.11 Å². The quantitative estimate of drug-likeness (QED) is 0.784. The van der Waals surface area contributed by atoms with Crippen LogP contribution in [0.2, 0.25) is 5.02 Å². The predicted octanol–water partition coefficient (Wildman–Crippen LogP) is 3.98. The van der Waals surface area contributed by atoms with Crippen molar-refractivity contribution in [1.82, 2.24) is 0 Å². The Labute approximate surface area is 129 Å². The van der Waals surface area contributed by atoms with E-state index in [1.807, 2.05) is 49.4 Å². The van der Waals surface area contributed by atoms with E-state index >= 15 is 0 Å². The molecule has 4 heteroatoms. The Bertz CT molecular complexity index is 625. The first-order chi connectivity index (χ1) is 10.1. The molecule has 0 bridgehead atoms. The molecule has 0 spiro atoms. The summed E-state index contributed by atoms with van der Waals surface area (Å²) in [6.45, 7) is 2.17. The minimum absolute atomic E-state index is 0.180. The zero-order valence-corrected chi connectivity index (χ0v) is 12.8. The Morgan fingerprint density at radius 1 is 1.19 bits per heavy atom. The SMILES string of the molecule is COC(=O)C(COc1cccc(C)c1)c1ccccc1Cl. The first-order valence-electron chi connectivity index (χ1n) is 6.63. The number of rotatable bonds is 5. The molecule has 2 rings (SSSR count). The Balaban J connectivity index is 2.18. The van der Waals surface area contributed by atoms with Crippen molar-refractivity contribution in [3.63, 3.8) is 0 Å². The van der Waals surface area contributed by atoms with Gasteiger partial charge >= 0.3 is 5.97 Å². The van der Waals surface area contributed by atoms with Crippen LogP contribution < -0.4 is 4.74 Å². The maximum atomic E-state index is 12.0. The minimum atomic E-state index is -0.552. The highest BCUT2D eigenvalue weighted by Crippen LogP contribution is 2.26. The second kappa shape index (κ2) is 7.14. The van der Waals surface area contributed by atoms with Crippen LogP contribution in [0.3, 0.4) is 0 Å². The molecule has 2 aromatic carbocycles. The van der Waals surface area contributed by atoms with Crippen molar-refractivity contribution in [2.45, 2.75) is 12.8 Å². The molecule has 0 saturated carbocycles. The van der Waals surface area contributed by atoms with Crippen LogP contribution in [-0.4, -0.2) is 19.7 Å². The van der Waals surface area contributed by atoms with Gasteiger partial charge in [-0.2, -0.15) is 0 Å². The molecule has 0 radical (unpaired) electrons. The van der Waals surface area contributed by atoms with Gasteiger partial charge in [0.2, 0.25) is 0 Å². The number of benzene rings is 2. The topological polar surface area (TPSA) is 35.5 Å². The molecule has 0 aliphatic carbocycles. The predicted molar refractivity (Wildman–Crippen MR) is 82.9 cm³/mol. The first kappa shape index (κ1) is 15.4. The summed E-state index contributed by atoms with van der Waals surface area (Å²) in [4.78, 5) is 12.0. The van der Waals surface area contributed by atoms with E-state index in [1.54, 1.807) is 6.07 Å². The third kappa shape index (κ3) is 3.99. The first-order valence-corrected chi connectivity index (χ1v) is 7.01. The summed E-state index contributed by atoms with van der Waals surface area (Å²) in [5, 5.41) is 0.528. The van der Waals surface area contributed by atoms with E-state index in [0.29, 0.717) is 10.6 Å². The number of hydrogen-bond donors (Lipinski definition) is 0. The molecule has 2 aromatic rings. The molecule has 0 saturated heterocycles. The van der Waals surface area contributed by atoms with E-state index in [4.69, 9.17) is 21.1 Å². The molecular weight excluding hydrogens is 288 g/mol. The molecule has 0 N–H and O–H groups in total. The maximum Gasteiger partial charge on any atom is 0.316 e. The van der Waals surface area contributed by atoms with Gasteiger partial charge in [0.15, 0.2) is 0 Å². The highest BCUT2D eigenvalue weighted by Gasteiger charge is 2.24. The Hall–Kier alpha value is -2.00. The smallest absolute Gasteiger partial charge is 0.316 e. The highest BCUT2D eigenvalue weighted by atomic mass is 35.5. The van der Waals surface area contributed by atoms with Crippen molar-refractivity contribution in [1.29, 1.82) is 0 Å². The van der Waals surface area contributed by atoms with Crippen LogP contribution in [0.25, 0.3) is 0 Å². The molecule has 3 nitrogen and oxygen atoms in total. The third-order valence-corrected chi connectivity index (χ3v) is 3.52. The van der Waals surface area contributed by atoms with E-state index in [0.717, 1.165) is 11.3 Å². The van der Waals surface area contributed by atoms with Crippen molar-refractivity contribution >= 4 is 17.6 Å². The number of aryl methyl sites for hydroxylation is 1. The van der Waals surface area contributed by atoms with Gasteiger partial charge < -0.3 is 9.47 Å². The number of carbonyl (C=O) groups is 1. The zero-order chi connectivity index (χ0) is 15.2. The molecule has 0 heterocycles. The molecule has 1 unspecified atom stereocenters. The fourth-order valence-electron chi connectivity index (χ4n) is 2.07. The van der Waals surface area contributed by atoms with Crippen molar-refractivity contribution in [2.24, 2.45) is 0 Å². The van der Waals surface area contributed by atoms with Crippen LogP contribution in [0.5, 0.6) is 5.75 Å². The lowest BCUT2D eigenvalue weighted by molar-refractivity contribution is -0.143. The summed E-state index contributed by atoms with van der Waals surface area (Å²) in [6, 6.07) is 14.9. The average Bonchev–Trinajstić information content (AvgIpc) is 2.49. The Kier molecular flexibility index (Phi) is 5.23. The van der Waals surface area contributed by atoms with E-state index in [9.17, 15) is 4.79 Å². The molecule has 0 amide bonds. The second-order valence-electron chi connectivity index (χ2n) is 4.72. The fraction of sp³-hybridized carbons (Fsp3) is 0.235. The third-order valence-electron chi connectivity index (χ3n) is 3.17. The van der Waals surface area contributed by atoms with Gasteiger partial charge in [-0.25, -0.2) is 0 Å². The van der Waals surface area contributed by atoms with Gasteiger partial charge in [0, 0.05) is 5.02 Å². The number of halogens is 1. The second-order valence-corrected chi connectivity index (χ2v) is 5.13. The molecule has 0 fully saturated rings. The number of carbonyl (C=O) groups excluding carboxylic acids is 1.